The van der Waals surface area contributed by atoms with Crippen LogP contribution in [0, 0.1) is 5.82 Å². The van der Waals surface area contributed by atoms with E-state index in [4.69, 9.17) is 4.42 Å². The molecule has 0 aliphatic carbocycles. The van der Waals surface area contributed by atoms with Gasteiger partial charge in [-0.05, 0) is 23.8 Å². The van der Waals surface area contributed by atoms with Gasteiger partial charge in [0.15, 0.2) is 0 Å². The number of furan rings is 1. The highest BCUT2D eigenvalue weighted by atomic mass is 19.1. The Labute approximate surface area is 154 Å². The van der Waals surface area contributed by atoms with Crippen LogP contribution in [0.2, 0.25) is 0 Å². The van der Waals surface area contributed by atoms with Crippen molar-refractivity contribution in [1.82, 2.24) is 19.9 Å². The highest BCUT2D eigenvalue weighted by Crippen LogP contribution is 2.23. The van der Waals surface area contributed by atoms with Crippen LogP contribution >= 0.6 is 0 Å². The SMILES string of the molecule is Fc1ccc(CNc2nc(Nc3cnccn3)cc(-c3ccoc3)n2)cc1. The van der Waals surface area contributed by atoms with Crippen molar-refractivity contribution in [2.45, 2.75) is 6.54 Å². The molecular formula is C19H15FN6O. The van der Waals surface area contributed by atoms with E-state index in [1.54, 1.807) is 49.3 Å². The molecule has 1 aromatic carbocycles. The van der Waals surface area contributed by atoms with Crippen LogP contribution in [0.15, 0.2) is 71.9 Å². The van der Waals surface area contributed by atoms with Crippen LogP contribution in [-0.2, 0) is 6.54 Å². The van der Waals surface area contributed by atoms with Gasteiger partial charge in [0.1, 0.15) is 17.5 Å². The standard InChI is InChI=1S/C19H15FN6O/c20-15-3-1-13(2-4-15)10-23-19-24-16(14-5-8-27-12-14)9-17(26-19)25-18-11-21-6-7-22-18/h1-9,11-12H,10H2,(H2,22,23,24,25,26). The quantitative estimate of drug-likeness (QED) is 0.535. The van der Waals surface area contributed by atoms with E-state index in [1.165, 1.54) is 12.1 Å². The molecule has 0 aliphatic heterocycles. The molecule has 0 spiro atoms. The van der Waals surface area contributed by atoms with Gasteiger partial charge in [-0.2, -0.15) is 4.98 Å². The van der Waals surface area contributed by atoms with Crippen molar-refractivity contribution in [3.8, 4) is 11.3 Å². The molecule has 4 rings (SSSR count). The van der Waals surface area contributed by atoms with Crippen molar-refractivity contribution >= 4 is 17.6 Å². The molecule has 0 amide bonds. The topological polar surface area (TPSA) is 88.8 Å². The molecule has 0 unspecified atom stereocenters. The number of anilines is 3. The average Bonchev–Trinajstić information content (AvgIpc) is 3.23. The number of aromatic nitrogens is 4. The van der Waals surface area contributed by atoms with Crippen LogP contribution in [-0.4, -0.2) is 19.9 Å². The minimum atomic E-state index is -0.271. The first-order valence-corrected chi connectivity index (χ1v) is 8.19. The van der Waals surface area contributed by atoms with Crippen molar-refractivity contribution < 1.29 is 8.81 Å². The van der Waals surface area contributed by atoms with Crippen molar-refractivity contribution in [2.75, 3.05) is 10.6 Å². The molecule has 0 saturated heterocycles. The third kappa shape index (κ3) is 4.24. The summed E-state index contributed by atoms with van der Waals surface area (Å²) in [4.78, 5) is 17.2. The van der Waals surface area contributed by atoms with Gasteiger partial charge in [0.2, 0.25) is 5.95 Å². The van der Waals surface area contributed by atoms with Gasteiger partial charge < -0.3 is 15.1 Å². The predicted molar refractivity (Wildman–Crippen MR) is 98.8 cm³/mol. The van der Waals surface area contributed by atoms with Gasteiger partial charge in [0, 0.05) is 30.6 Å². The molecule has 27 heavy (non-hydrogen) atoms. The van der Waals surface area contributed by atoms with Crippen LogP contribution in [0.5, 0.6) is 0 Å². The predicted octanol–water partition coefficient (Wildman–Crippen LogP) is 4.02. The molecule has 4 aromatic rings. The lowest BCUT2D eigenvalue weighted by molar-refractivity contribution is 0.568. The minimum Gasteiger partial charge on any atom is -0.472 e. The number of hydrogen-bond donors (Lipinski definition) is 2. The first-order valence-electron chi connectivity index (χ1n) is 8.19. The molecule has 2 N–H and O–H groups in total. The third-order valence-corrected chi connectivity index (χ3v) is 3.73. The molecule has 3 aromatic heterocycles. The van der Waals surface area contributed by atoms with Crippen LogP contribution in [0.3, 0.4) is 0 Å². The van der Waals surface area contributed by atoms with E-state index in [0.717, 1.165) is 11.1 Å². The molecule has 0 fully saturated rings. The smallest absolute Gasteiger partial charge is 0.225 e. The van der Waals surface area contributed by atoms with E-state index in [-0.39, 0.29) is 5.82 Å². The van der Waals surface area contributed by atoms with Crippen LogP contribution in [0.4, 0.5) is 22.0 Å². The second kappa shape index (κ2) is 7.61. The zero-order chi connectivity index (χ0) is 18.5. The monoisotopic (exact) mass is 362 g/mol. The Morgan fingerprint density at radius 2 is 1.89 bits per heavy atom. The number of nitrogens with one attached hydrogen (secondary N) is 2. The average molecular weight is 362 g/mol. The molecule has 0 atom stereocenters. The molecule has 134 valence electrons. The summed E-state index contributed by atoms with van der Waals surface area (Å²) in [5.41, 5.74) is 2.42. The first kappa shape index (κ1) is 16.6. The van der Waals surface area contributed by atoms with Crippen molar-refractivity contribution in [3.05, 3.63) is 78.9 Å². The van der Waals surface area contributed by atoms with Gasteiger partial charge in [-0.3, -0.25) is 4.98 Å². The Balaban J connectivity index is 1.60. The second-order valence-electron chi connectivity index (χ2n) is 5.67. The van der Waals surface area contributed by atoms with E-state index in [1.807, 2.05) is 6.07 Å². The van der Waals surface area contributed by atoms with Crippen molar-refractivity contribution in [1.29, 1.82) is 0 Å². The van der Waals surface area contributed by atoms with Gasteiger partial charge in [0.25, 0.3) is 0 Å². The lowest BCUT2D eigenvalue weighted by Crippen LogP contribution is -2.06. The molecule has 0 radical (unpaired) electrons. The molecule has 0 aliphatic rings. The lowest BCUT2D eigenvalue weighted by atomic mass is 10.2. The number of hydrogen-bond acceptors (Lipinski definition) is 7. The number of halogens is 1. The van der Waals surface area contributed by atoms with Gasteiger partial charge in [0.05, 0.1) is 24.4 Å². The maximum Gasteiger partial charge on any atom is 0.225 e. The van der Waals surface area contributed by atoms with Crippen LogP contribution in [0.25, 0.3) is 11.3 Å². The normalized spacial score (nSPS) is 10.6. The van der Waals surface area contributed by atoms with E-state index < -0.39 is 0 Å². The van der Waals surface area contributed by atoms with E-state index >= 15 is 0 Å². The minimum absolute atomic E-state index is 0.271. The fourth-order valence-corrected chi connectivity index (χ4v) is 2.43. The second-order valence-corrected chi connectivity index (χ2v) is 5.67. The molecule has 8 heteroatoms. The third-order valence-electron chi connectivity index (χ3n) is 3.73. The first-order chi connectivity index (χ1) is 13.3. The fourth-order valence-electron chi connectivity index (χ4n) is 2.43. The van der Waals surface area contributed by atoms with Crippen molar-refractivity contribution in [2.24, 2.45) is 0 Å². The van der Waals surface area contributed by atoms with Gasteiger partial charge >= 0.3 is 0 Å². The highest BCUT2D eigenvalue weighted by Gasteiger charge is 2.09. The Morgan fingerprint density at radius 1 is 1.00 bits per heavy atom. The van der Waals surface area contributed by atoms with E-state index in [2.05, 4.69) is 30.6 Å². The van der Waals surface area contributed by atoms with Gasteiger partial charge in [-0.15, -0.1) is 0 Å². The van der Waals surface area contributed by atoms with Crippen molar-refractivity contribution in [3.63, 3.8) is 0 Å². The van der Waals surface area contributed by atoms with E-state index in [0.29, 0.717) is 29.8 Å². The van der Waals surface area contributed by atoms with E-state index in [9.17, 15) is 4.39 Å². The summed E-state index contributed by atoms with van der Waals surface area (Å²) in [6, 6.07) is 9.87. The Kier molecular flexibility index (Phi) is 4.69. The maximum absolute atomic E-state index is 13.0. The zero-order valence-corrected chi connectivity index (χ0v) is 14.1. The zero-order valence-electron chi connectivity index (χ0n) is 14.1. The molecular weight excluding hydrogens is 347 g/mol. The fraction of sp³-hybridized carbons (Fsp3) is 0.0526. The largest absolute Gasteiger partial charge is 0.472 e. The summed E-state index contributed by atoms with van der Waals surface area (Å²) in [6.45, 7) is 0.458. The Morgan fingerprint density at radius 3 is 2.63 bits per heavy atom. The number of nitrogens with zero attached hydrogens (tertiary/aromatic N) is 4. The van der Waals surface area contributed by atoms with Gasteiger partial charge in [-0.1, -0.05) is 12.1 Å². The summed E-state index contributed by atoms with van der Waals surface area (Å²) in [5.74, 6) is 1.28. The summed E-state index contributed by atoms with van der Waals surface area (Å²) >= 11 is 0. The molecule has 0 saturated carbocycles. The van der Waals surface area contributed by atoms with Gasteiger partial charge in [-0.25, -0.2) is 14.4 Å². The van der Waals surface area contributed by atoms with Crippen LogP contribution < -0.4 is 10.6 Å². The number of rotatable bonds is 6. The summed E-state index contributed by atoms with van der Waals surface area (Å²) in [5, 5.41) is 6.26. The number of benzene rings is 1. The lowest BCUT2D eigenvalue weighted by Gasteiger charge is -2.10. The summed E-state index contributed by atoms with van der Waals surface area (Å²) < 4.78 is 18.2. The Bertz CT molecular complexity index is 1010. The molecule has 3 heterocycles. The summed E-state index contributed by atoms with van der Waals surface area (Å²) in [6.07, 6.45) is 7.98. The molecule has 0 bridgehead atoms. The molecule has 7 nitrogen and oxygen atoms in total. The summed E-state index contributed by atoms with van der Waals surface area (Å²) in [7, 11) is 0. The van der Waals surface area contributed by atoms with Crippen LogP contribution in [0.1, 0.15) is 5.56 Å². The Hall–Kier alpha value is -3.81. The maximum atomic E-state index is 13.0. The highest BCUT2D eigenvalue weighted by molar-refractivity contribution is 5.65.